The summed E-state index contributed by atoms with van der Waals surface area (Å²) in [5.41, 5.74) is 9.79. The molecule has 1 heteroatoms. The van der Waals surface area contributed by atoms with Gasteiger partial charge in [-0.05, 0) is 108 Å². The van der Waals surface area contributed by atoms with Crippen LogP contribution in [0.15, 0.2) is 48.0 Å². The van der Waals surface area contributed by atoms with Crippen molar-refractivity contribution in [1.82, 2.24) is 0 Å². The molecule has 32 heavy (non-hydrogen) atoms. The minimum absolute atomic E-state index is 0. The molecule has 0 atom stereocenters. The van der Waals surface area contributed by atoms with Crippen molar-refractivity contribution in [3.05, 3.63) is 64.7 Å². The number of fused-ring (bicyclic) bond motifs is 1. The number of hydrogen-bond donors (Lipinski definition) is 0. The van der Waals surface area contributed by atoms with Gasteiger partial charge in [0.05, 0.1) is 0 Å². The summed E-state index contributed by atoms with van der Waals surface area (Å²) < 4.78 is 0. The number of hydrogen-bond acceptors (Lipinski definition) is 0. The molecule has 0 unspecified atom stereocenters. The van der Waals surface area contributed by atoms with Crippen LogP contribution in [0, 0.1) is 23.7 Å². The van der Waals surface area contributed by atoms with Gasteiger partial charge in [0.15, 0.2) is 0 Å². The van der Waals surface area contributed by atoms with Gasteiger partial charge in [0.2, 0.25) is 0 Å². The molecule has 6 aliphatic rings. The topological polar surface area (TPSA) is 0 Å². The second kappa shape index (κ2) is 8.38. The maximum Gasteiger partial charge on any atom is 0 e. The Kier molecular flexibility index (Phi) is 5.65. The van der Waals surface area contributed by atoms with Gasteiger partial charge in [0, 0.05) is 26.2 Å². The molecule has 0 heterocycles. The zero-order chi connectivity index (χ0) is 20.4. The number of rotatable bonds is 4. The van der Waals surface area contributed by atoms with Crippen LogP contribution in [0.5, 0.6) is 0 Å². The molecular formula is C31H36Zr. The van der Waals surface area contributed by atoms with E-state index in [1.165, 1.54) is 93.7 Å². The van der Waals surface area contributed by atoms with Crippen molar-refractivity contribution in [3.8, 4) is 11.1 Å². The molecule has 0 N–H and O–H groups in total. The predicted octanol–water partition coefficient (Wildman–Crippen LogP) is 8.34. The van der Waals surface area contributed by atoms with Crippen LogP contribution in [-0.2, 0) is 38.0 Å². The Morgan fingerprint density at radius 1 is 0.781 bits per heavy atom. The normalized spacial score (nSPS) is 32.6. The third kappa shape index (κ3) is 3.66. The van der Waals surface area contributed by atoms with E-state index in [0.29, 0.717) is 5.41 Å². The molecule has 0 nitrogen and oxygen atoms in total. The summed E-state index contributed by atoms with van der Waals surface area (Å²) in [6, 6.07) is 16.9. The third-order valence-electron chi connectivity index (χ3n) is 9.83. The maximum absolute atomic E-state index is 2.55. The van der Waals surface area contributed by atoms with Crippen molar-refractivity contribution in [1.29, 1.82) is 0 Å². The number of benzene rings is 2. The quantitative estimate of drug-likeness (QED) is 0.396. The predicted molar refractivity (Wildman–Crippen MR) is 130 cm³/mol. The van der Waals surface area contributed by atoms with Gasteiger partial charge in [-0.2, -0.15) is 0 Å². The summed E-state index contributed by atoms with van der Waals surface area (Å²) in [5, 5.41) is 0. The Hall–Kier alpha value is -0.937. The molecule has 0 spiro atoms. The van der Waals surface area contributed by atoms with Gasteiger partial charge < -0.3 is 0 Å². The van der Waals surface area contributed by atoms with E-state index in [4.69, 9.17) is 0 Å². The summed E-state index contributed by atoms with van der Waals surface area (Å²) in [5.74, 6) is 4.01. The van der Waals surface area contributed by atoms with E-state index in [9.17, 15) is 0 Å². The molecular weight excluding hydrogens is 464 g/mol. The van der Waals surface area contributed by atoms with E-state index in [0.717, 1.165) is 23.7 Å². The first-order chi connectivity index (χ1) is 15.2. The first-order valence-corrected chi connectivity index (χ1v) is 13.2. The van der Waals surface area contributed by atoms with Crippen LogP contribution in [0.1, 0.15) is 87.3 Å². The minimum atomic E-state index is 0. The second-order valence-corrected chi connectivity index (χ2v) is 12.0. The van der Waals surface area contributed by atoms with Gasteiger partial charge in [-0.15, -0.1) is 0 Å². The minimum Gasteiger partial charge on any atom is -0.0649 e. The van der Waals surface area contributed by atoms with Crippen LogP contribution < -0.4 is 0 Å². The zero-order valence-electron chi connectivity index (χ0n) is 19.4. The first-order valence-electron chi connectivity index (χ1n) is 13.2. The summed E-state index contributed by atoms with van der Waals surface area (Å²) in [7, 11) is 0. The fourth-order valence-electron chi connectivity index (χ4n) is 8.87. The average Bonchev–Trinajstić information content (AvgIpc) is 3.42. The first kappa shape index (κ1) is 21.6. The van der Waals surface area contributed by atoms with E-state index in [2.05, 4.69) is 48.5 Å². The molecule has 2 aromatic rings. The van der Waals surface area contributed by atoms with Gasteiger partial charge in [-0.3, -0.25) is 0 Å². The van der Waals surface area contributed by atoms with E-state index in [1.807, 2.05) is 0 Å². The van der Waals surface area contributed by atoms with Crippen molar-refractivity contribution in [2.75, 3.05) is 0 Å². The average molecular weight is 500 g/mol. The van der Waals surface area contributed by atoms with Crippen LogP contribution >= 0.6 is 0 Å². The second-order valence-electron chi connectivity index (χ2n) is 12.0. The number of allylic oxidation sites excluding steroid dienone is 1. The standard InChI is InChI=1S/C31H36.Zr/c1-2-5-21(4-1)12-22-16-27-6-3-7-29(30(27)17-22)26-8-10-28(11-9-26)31-18-23-13-24(19-31)15-25(14-23)20-31;/h3,6-11,17,21,23-25H,1-2,4-5,12-16,18-20H2;. The SMILES string of the molecule is C1=C(CC2CCCC2)Cc2cccc(-c3ccc(C45CC6CC(CC(C6)C4)C5)cc3)c21.[Zr]. The molecule has 0 saturated heterocycles. The van der Waals surface area contributed by atoms with Gasteiger partial charge in [0.1, 0.15) is 0 Å². The van der Waals surface area contributed by atoms with E-state index < -0.39 is 0 Å². The van der Waals surface area contributed by atoms with Gasteiger partial charge in [0.25, 0.3) is 0 Å². The summed E-state index contributed by atoms with van der Waals surface area (Å²) in [6.07, 6.45) is 19.9. The Bertz CT molecular complexity index is 986. The molecule has 4 bridgehead atoms. The van der Waals surface area contributed by atoms with Gasteiger partial charge in [-0.1, -0.05) is 79.8 Å². The van der Waals surface area contributed by atoms with E-state index in [-0.39, 0.29) is 26.2 Å². The third-order valence-corrected chi connectivity index (χ3v) is 9.83. The summed E-state index contributed by atoms with van der Waals surface area (Å²) in [4.78, 5) is 0. The van der Waals surface area contributed by atoms with Crippen molar-refractivity contribution >= 4 is 6.08 Å². The van der Waals surface area contributed by atoms with E-state index >= 15 is 0 Å². The van der Waals surface area contributed by atoms with Gasteiger partial charge >= 0.3 is 0 Å². The van der Waals surface area contributed by atoms with Crippen LogP contribution in [0.3, 0.4) is 0 Å². The Morgan fingerprint density at radius 2 is 1.44 bits per heavy atom. The van der Waals surface area contributed by atoms with E-state index in [1.54, 1.807) is 16.7 Å². The molecule has 2 aromatic carbocycles. The largest absolute Gasteiger partial charge is 0.0649 e. The summed E-state index contributed by atoms with van der Waals surface area (Å²) in [6.45, 7) is 0. The molecule has 5 saturated carbocycles. The maximum atomic E-state index is 2.55. The van der Waals surface area contributed by atoms with Crippen LogP contribution in [0.2, 0.25) is 0 Å². The van der Waals surface area contributed by atoms with Crippen molar-refractivity contribution in [2.24, 2.45) is 23.7 Å². The van der Waals surface area contributed by atoms with Crippen LogP contribution in [-0.4, -0.2) is 0 Å². The molecule has 0 aliphatic heterocycles. The van der Waals surface area contributed by atoms with Gasteiger partial charge in [-0.25, -0.2) is 0 Å². The summed E-state index contributed by atoms with van der Waals surface area (Å²) >= 11 is 0. The molecule has 8 rings (SSSR count). The van der Waals surface area contributed by atoms with Crippen LogP contribution in [0.4, 0.5) is 0 Å². The zero-order valence-corrected chi connectivity index (χ0v) is 21.9. The fourth-order valence-corrected chi connectivity index (χ4v) is 8.87. The van der Waals surface area contributed by atoms with Crippen molar-refractivity contribution < 1.29 is 26.2 Å². The van der Waals surface area contributed by atoms with Crippen molar-refractivity contribution in [3.63, 3.8) is 0 Å². The molecule has 0 radical (unpaired) electrons. The molecule has 0 amide bonds. The molecule has 0 aromatic heterocycles. The fraction of sp³-hybridized carbons (Fsp3) is 0.548. The Labute approximate surface area is 213 Å². The van der Waals surface area contributed by atoms with Crippen LogP contribution in [0.25, 0.3) is 17.2 Å². The van der Waals surface area contributed by atoms with Crippen molar-refractivity contribution in [2.45, 2.75) is 82.5 Å². The Morgan fingerprint density at radius 3 is 2.09 bits per heavy atom. The molecule has 5 fully saturated rings. The molecule has 6 aliphatic carbocycles. The monoisotopic (exact) mass is 498 g/mol. The smallest absolute Gasteiger partial charge is 0 e. The Balaban J connectivity index is 0.00000196. The molecule has 164 valence electrons.